The van der Waals surface area contributed by atoms with Crippen LogP contribution in [0.15, 0.2) is 48.5 Å². The molecule has 21 heavy (non-hydrogen) atoms. The van der Waals surface area contributed by atoms with E-state index in [0.717, 1.165) is 5.69 Å². The number of hydrogen-bond donors (Lipinski definition) is 3. The van der Waals surface area contributed by atoms with E-state index in [1.165, 1.54) is 0 Å². The Morgan fingerprint density at radius 3 is 1.95 bits per heavy atom. The van der Waals surface area contributed by atoms with Gasteiger partial charge in [-0.1, -0.05) is 23.2 Å². The fourth-order valence-electron chi connectivity index (χ4n) is 1.48. The summed E-state index contributed by atoms with van der Waals surface area (Å²) in [7, 11) is 0. The summed E-state index contributed by atoms with van der Waals surface area (Å²) in [6, 6.07) is 13.5. The predicted octanol–water partition coefficient (Wildman–Crippen LogP) is 3.62. The van der Waals surface area contributed by atoms with Crippen molar-refractivity contribution < 1.29 is 4.79 Å². The molecule has 0 heterocycles. The van der Waals surface area contributed by atoms with E-state index in [1.807, 2.05) is 0 Å². The number of thiocarbonyl (C=S) groups is 1. The standard InChI is InChI=1S/C14H11Cl2N3OS/c15-10-3-1-9(2-4-10)13(20)18-19-14(21)17-12-7-5-11(16)6-8-12/h1-8H,(H,18,20)(H2,17,19,21). The van der Waals surface area contributed by atoms with E-state index in [0.29, 0.717) is 15.6 Å². The molecule has 2 aromatic carbocycles. The summed E-state index contributed by atoms with van der Waals surface area (Å²) >= 11 is 16.6. The fraction of sp³-hybridized carbons (Fsp3) is 0. The number of amides is 1. The molecule has 7 heteroatoms. The summed E-state index contributed by atoms with van der Waals surface area (Å²) < 4.78 is 0. The molecule has 0 saturated carbocycles. The highest BCUT2D eigenvalue weighted by atomic mass is 35.5. The van der Waals surface area contributed by atoms with Gasteiger partial charge in [0.25, 0.3) is 5.91 Å². The normalized spacial score (nSPS) is 9.81. The van der Waals surface area contributed by atoms with Gasteiger partial charge in [-0.15, -0.1) is 0 Å². The van der Waals surface area contributed by atoms with E-state index in [4.69, 9.17) is 35.4 Å². The molecule has 108 valence electrons. The first-order valence-corrected chi connectivity index (χ1v) is 7.09. The van der Waals surface area contributed by atoms with Crippen LogP contribution in [0.4, 0.5) is 5.69 Å². The molecule has 1 amide bonds. The van der Waals surface area contributed by atoms with Crippen LogP contribution in [0.5, 0.6) is 0 Å². The Labute approximate surface area is 137 Å². The molecule has 0 bridgehead atoms. The fourth-order valence-corrected chi connectivity index (χ4v) is 1.90. The smallest absolute Gasteiger partial charge is 0.269 e. The van der Waals surface area contributed by atoms with Gasteiger partial charge in [0.15, 0.2) is 5.11 Å². The lowest BCUT2D eigenvalue weighted by Gasteiger charge is -2.11. The van der Waals surface area contributed by atoms with Crippen molar-refractivity contribution in [2.75, 3.05) is 5.32 Å². The third-order valence-corrected chi connectivity index (χ3v) is 3.21. The number of hydrogen-bond acceptors (Lipinski definition) is 2. The summed E-state index contributed by atoms with van der Waals surface area (Å²) in [4.78, 5) is 11.8. The van der Waals surface area contributed by atoms with E-state index < -0.39 is 0 Å². The number of carbonyl (C=O) groups is 1. The van der Waals surface area contributed by atoms with Crippen molar-refractivity contribution in [3.05, 3.63) is 64.1 Å². The van der Waals surface area contributed by atoms with Crippen LogP contribution in [-0.4, -0.2) is 11.0 Å². The van der Waals surface area contributed by atoms with Crippen LogP contribution < -0.4 is 16.2 Å². The molecule has 0 saturated heterocycles. The molecule has 0 aliphatic heterocycles. The Hall–Kier alpha value is -1.82. The van der Waals surface area contributed by atoms with Crippen molar-refractivity contribution >= 4 is 52.1 Å². The molecule has 2 aromatic rings. The molecule has 2 rings (SSSR count). The maximum absolute atomic E-state index is 11.8. The zero-order valence-corrected chi connectivity index (χ0v) is 13.0. The number of carbonyl (C=O) groups excluding carboxylic acids is 1. The third-order valence-electron chi connectivity index (χ3n) is 2.50. The van der Waals surface area contributed by atoms with Gasteiger partial charge in [0.05, 0.1) is 0 Å². The Bertz CT molecular complexity index is 644. The van der Waals surface area contributed by atoms with E-state index in [1.54, 1.807) is 48.5 Å². The van der Waals surface area contributed by atoms with Gasteiger partial charge in [-0.3, -0.25) is 15.6 Å². The van der Waals surface area contributed by atoms with Crippen LogP contribution in [0.3, 0.4) is 0 Å². The SMILES string of the molecule is O=C(NNC(=S)Nc1ccc(Cl)cc1)c1ccc(Cl)cc1. The summed E-state index contributed by atoms with van der Waals surface area (Å²) in [5, 5.41) is 4.38. The van der Waals surface area contributed by atoms with E-state index in [-0.39, 0.29) is 11.0 Å². The van der Waals surface area contributed by atoms with Crippen molar-refractivity contribution in [1.82, 2.24) is 10.9 Å². The van der Waals surface area contributed by atoms with Crippen LogP contribution in [0.25, 0.3) is 0 Å². The van der Waals surface area contributed by atoms with Crippen LogP contribution in [0.2, 0.25) is 10.0 Å². The Morgan fingerprint density at radius 2 is 1.38 bits per heavy atom. The van der Waals surface area contributed by atoms with Gasteiger partial charge in [0.1, 0.15) is 0 Å². The lowest BCUT2D eigenvalue weighted by Crippen LogP contribution is -2.43. The number of halogens is 2. The summed E-state index contributed by atoms with van der Waals surface area (Å²) in [5.74, 6) is -0.313. The first-order chi connectivity index (χ1) is 10.0. The molecule has 0 fully saturated rings. The summed E-state index contributed by atoms with van der Waals surface area (Å²) in [6.45, 7) is 0. The lowest BCUT2D eigenvalue weighted by atomic mass is 10.2. The maximum Gasteiger partial charge on any atom is 0.269 e. The molecule has 0 atom stereocenters. The highest BCUT2D eigenvalue weighted by Crippen LogP contribution is 2.13. The topological polar surface area (TPSA) is 53.2 Å². The van der Waals surface area contributed by atoms with Crippen LogP contribution >= 0.6 is 35.4 Å². The van der Waals surface area contributed by atoms with Crippen molar-refractivity contribution in [3.63, 3.8) is 0 Å². The maximum atomic E-state index is 11.8. The predicted molar refractivity (Wildman–Crippen MR) is 89.7 cm³/mol. The van der Waals surface area contributed by atoms with Gasteiger partial charge >= 0.3 is 0 Å². The molecule has 4 nitrogen and oxygen atoms in total. The van der Waals surface area contributed by atoms with Crippen LogP contribution in [0, 0.1) is 0 Å². The Kier molecular flexibility index (Phi) is 5.38. The number of rotatable bonds is 2. The minimum atomic E-state index is -0.313. The molecule has 0 unspecified atom stereocenters. The molecule has 3 N–H and O–H groups in total. The first-order valence-electron chi connectivity index (χ1n) is 5.93. The molecule has 0 aliphatic carbocycles. The van der Waals surface area contributed by atoms with Crippen LogP contribution in [-0.2, 0) is 0 Å². The number of hydrazine groups is 1. The minimum Gasteiger partial charge on any atom is -0.331 e. The van der Waals surface area contributed by atoms with Gasteiger partial charge in [-0.05, 0) is 60.7 Å². The largest absolute Gasteiger partial charge is 0.331 e. The number of anilines is 1. The quantitative estimate of drug-likeness (QED) is 0.577. The highest BCUT2D eigenvalue weighted by molar-refractivity contribution is 7.80. The minimum absolute atomic E-state index is 0.264. The molecule has 0 radical (unpaired) electrons. The van der Waals surface area contributed by atoms with Gasteiger partial charge in [-0.25, -0.2) is 0 Å². The lowest BCUT2D eigenvalue weighted by molar-refractivity contribution is 0.0944. The Morgan fingerprint density at radius 1 is 0.857 bits per heavy atom. The van der Waals surface area contributed by atoms with Crippen molar-refractivity contribution in [3.8, 4) is 0 Å². The zero-order valence-electron chi connectivity index (χ0n) is 10.7. The Balaban J connectivity index is 1.84. The van der Waals surface area contributed by atoms with E-state index in [9.17, 15) is 4.79 Å². The molecule has 0 aromatic heterocycles. The molecule has 0 spiro atoms. The average molecular weight is 340 g/mol. The second-order valence-corrected chi connectivity index (χ2v) is 5.33. The van der Waals surface area contributed by atoms with Crippen molar-refractivity contribution in [1.29, 1.82) is 0 Å². The number of benzene rings is 2. The second kappa shape index (κ2) is 7.26. The van der Waals surface area contributed by atoms with Gasteiger partial charge in [-0.2, -0.15) is 0 Å². The van der Waals surface area contributed by atoms with E-state index >= 15 is 0 Å². The summed E-state index contributed by atoms with van der Waals surface area (Å²) in [5.41, 5.74) is 6.34. The molecular weight excluding hydrogens is 329 g/mol. The van der Waals surface area contributed by atoms with Gasteiger partial charge < -0.3 is 5.32 Å². The van der Waals surface area contributed by atoms with Crippen LogP contribution in [0.1, 0.15) is 10.4 Å². The second-order valence-electron chi connectivity index (χ2n) is 4.05. The first kappa shape index (κ1) is 15.6. The molecule has 0 aliphatic rings. The highest BCUT2D eigenvalue weighted by Gasteiger charge is 2.05. The number of nitrogens with one attached hydrogen (secondary N) is 3. The zero-order chi connectivity index (χ0) is 15.2. The monoisotopic (exact) mass is 339 g/mol. The summed E-state index contributed by atoms with van der Waals surface area (Å²) in [6.07, 6.45) is 0. The van der Waals surface area contributed by atoms with Crippen molar-refractivity contribution in [2.24, 2.45) is 0 Å². The van der Waals surface area contributed by atoms with Crippen molar-refractivity contribution in [2.45, 2.75) is 0 Å². The molecular formula is C14H11Cl2N3OS. The van der Waals surface area contributed by atoms with Gasteiger partial charge in [0.2, 0.25) is 0 Å². The van der Waals surface area contributed by atoms with E-state index in [2.05, 4.69) is 16.2 Å². The third kappa shape index (κ3) is 4.90. The average Bonchev–Trinajstić information content (AvgIpc) is 2.48. The van der Waals surface area contributed by atoms with Gasteiger partial charge in [0, 0.05) is 21.3 Å².